The summed E-state index contributed by atoms with van der Waals surface area (Å²) in [5.74, 6) is -0.579. The molecule has 0 saturated carbocycles. The van der Waals surface area contributed by atoms with Gasteiger partial charge in [0.05, 0.1) is 16.3 Å². The van der Waals surface area contributed by atoms with E-state index in [1.165, 1.54) is 3.97 Å². The molecule has 2 aromatic carbocycles. The summed E-state index contributed by atoms with van der Waals surface area (Å²) >= 11 is 0. The Morgan fingerprint density at radius 1 is 1.07 bits per heavy atom. The SMILES string of the molecule is Cc1ccc(S(=O)(=O)n2c3c(c4ccccc42)[C@@H]2C[C@@H](OC2=O)[C@@H](C)C3)cc1. The average Bonchev–Trinajstić information content (AvgIpc) is 3.15. The lowest BCUT2D eigenvalue weighted by Crippen LogP contribution is -2.24. The Labute approximate surface area is 164 Å². The fraction of sp³-hybridized carbons (Fsp3) is 0.318. The maximum absolute atomic E-state index is 13.6. The highest BCUT2D eigenvalue weighted by molar-refractivity contribution is 7.90. The molecule has 5 rings (SSSR count). The minimum absolute atomic E-state index is 0.0616. The highest BCUT2D eigenvalue weighted by Gasteiger charge is 2.45. The number of fused-ring (bicyclic) bond motifs is 6. The van der Waals surface area contributed by atoms with Crippen LogP contribution in [-0.4, -0.2) is 24.5 Å². The Morgan fingerprint density at radius 3 is 2.54 bits per heavy atom. The van der Waals surface area contributed by atoms with Crippen LogP contribution >= 0.6 is 0 Å². The lowest BCUT2D eigenvalue weighted by Gasteiger charge is -2.20. The second-order valence-electron chi connectivity index (χ2n) is 7.91. The van der Waals surface area contributed by atoms with Gasteiger partial charge in [-0.05, 0) is 43.0 Å². The number of para-hydroxylation sites is 1. The van der Waals surface area contributed by atoms with Gasteiger partial charge in [0.15, 0.2) is 0 Å². The molecule has 1 fully saturated rings. The largest absolute Gasteiger partial charge is 0.462 e. The van der Waals surface area contributed by atoms with Crippen LogP contribution in [0, 0.1) is 12.8 Å². The molecule has 2 heterocycles. The number of carbonyl (C=O) groups excluding carboxylic acids is 1. The van der Waals surface area contributed by atoms with Crippen molar-refractivity contribution in [3.63, 3.8) is 0 Å². The van der Waals surface area contributed by atoms with E-state index in [-0.39, 0.29) is 22.9 Å². The zero-order chi connectivity index (χ0) is 19.6. The third kappa shape index (κ3) is 2.37. The van der Waals surface area contributed by atoms with Crippen LogP contribution in [0.4, 0.5) is 0 Å². The van der Waals surface area contributed by atoms with Crippen molar-refractivity contribution in [3.05, 3.63) is 65.4 Å². The monoisotopic (exact) mass is 395 g/mol. The van der Waals surface area contributed by atoms with E-state index in [0.29, 0.717) is 18.4 Å². The standard InChI is InChI=1S/C22H21NO4S/c1-13-7-9-15(10-8-13)28(25,26)23-18-6-4-3-5-16(18)21-17-12-20(27-22(17)24)14(2)11-19(21)23/h3-10,14,17,20H,11-12H2,1-2H3/t14-,17-,20+/m0/s1. The van der Waals surface area contributed by atoms with Gasteiger partial charge in [-0.1, -0.05) is 42.8 Å². The van der Waals surface area contributed by atoms with Crippen LogP contribution < -0.4 is 0 Å². The van der Waals surface area contributed by atoms with Crippen molar-refractivity contribution in [1.82, 2.24) is 3.97 Å². The predicted octanol–water partition coefficient (Wildman–Crippen LogP) is 3.78. The molecule has 0 amide bonds. The molecule has 3 atom stereocenters. The quantitative estimate of drug-likeness (QED) is 0.620. The van der Waals surface area contributed by atoms with E-state index in [0.717, 1.165) is 22.2 Å². The molecule has 6 heteroatoms. The number of ether oxygens (including phenoxy) is 1. The Kier molecular flexibility index (Phi) is 3.72. The number of esters is 1. The molecule has 28 heavy (non-hydrogen) atoms. The van der Waals surface area contributed by atoms with Crippen LogP contribution in [0.2, 0.25) is 0 Å². The minimum atomic E-state index is -3.79. The zero-order valence-electron chi connectivity index (χ0n) is 15.8. The Hall–Kier alpha value is -2.60. The van der Waals surface area contributed by atoms with E-state index in [1.54, 1.807) is 24.3 Å². The molecule has 0 N–H and O–H groups in total. The molecule has 1 aliphatic carbocycles. The van der Waals surface area contributed by atoms with Gasteiger partial charge < -0.3 is 4.74 Å². The number of rotatable bonds is 2. The van der Waals surface area contributed by atoms with Gasteiger partial charge in [0.25, 0.3) is 10.0 Å². The van der Waals surface area contributed by atoms with Crippen LogP contribution in [0.1, 0.15) is 36.1 Å². The van der Waals surface area contributed by atoms with Gasteiger partial charge in [0, 0.05) is 17.5 Å². The van der Waals surface area contributed by atoms with E-state index in [1.807, 2.05) is 38.1 Å². The van der Waals surface area contributed by atoms with Crippen molar-refractivity contribution in [2.45, 2.75) is 43.6 Å². The molecule has 5 nitrogen and oxygen atoms in total. The fourth-order valence-corrected chi connectivity index (χ4v) is 6.16. The first kappa shape index (κ1) is 17.5. The van der Waals surface area contributed by atoms with E-state index < -0.39 is 15.9 Å². The van der Waals surface area contributed by atoms with E-state index in [2.05, 4.69) is 0 Å². The van der Waals surface area contributed by atoms with Crippen LogP contribution in [0.15, 0.2) is 53.4 Å². The average molecular weight is 395 g/mol. The molecule has 1 aromatic heterocycles. The smallest absolute Gasteiger partial charge is 0.313 e. The van der Waals surface area contributed by atoms with Crippen LogP contribution in [0.25, 0.3) is 10.9 Å². The maximum atomic E-state index is 13.6. The maximum Gasteiger partial charge on any atom is 0.313 e. The molecule has 2 bridgehead atoms. The third-order valence-electron chi connectivity index (χ3n) is 6.05. The molecular weight excluding hydrogens is 374 g/mol. The molecule has 2 aliphatic rings. The lowest BCUT2D eigenvalue weighted by molar-refractivity contribution is -0.144. The summed E-state index contributed by atoms with van der Waals surface area (Å²) in [6.45, 7) is 3.95. The van der Waals surface area contributed by atoms with Crippen LogP contribution in [0.5, 0.6) is 0 Å². The highest BCUT2D eigenvalue weighted by atomic mass is 32.2. The molecule has 144 valence electrons. The van der Waals surface area contributed by atoms with E-state index in [4.69, 9.17) is 4.74 Å². The number of aromatic nitrogens is 1. The van der Waals surface area contributed by atoms with Crippen molar-refractivity contribution in [1.29, 1.82) is 0 Å². The summed E-state index contributed by atoms with van der Waals surface area (Å²) < 4.78 is 34.3. The first-order valence-corrected chi connectivity index (χ1v) is 11.0. The highest BCUT2D eigenvalue weighted by Crippen LogP contribution is 2.45. The normalized spacial score (nSPS) is 24.1. The molecule has 0 radical (unpaired) electrons. The molecule has 1 aliphatic heterocycles. The third-order valence-corrected chi connectivity index (χ3v) is 7.81. The number of carbonyl (C=O) groups is 1. The van der Waals surface area contributed by atoms with Gasteiger partial charge in [0.2, 0.25) is 0 Å². The first-order valence-electron chi connectivity index (χ1n) is 9.53. The van der Waals surface area contributed by atoms with Gasteiger partial charge in [-0.15, -0.1) is 0 Å². The number of hydrogen-bond acceptors (Lipinski definition) is 4. The van der Waals surface area contributed by atoms with Crippen molar-refractivity contribution in [2.24, 2.45) is 5.92 Å². The minimum Gasteiger partial charge on any atom is -0.462 e. The summed E-state index contributed by atoms with van der Waals surface area (Å²) in [5.41, 5.74) is 3.17. The van der Waals surface area contributed by atoms with Gasteiger partial charge in [-0.2, -0.15) is 0 Å². The summed E-state index contributed by atoms with van der Waals surface area (Å²) in [5, 5.41) is 0.824. The molecular formula is C22H21NO4S. The zero-order valence-corrected chi connectivity index (χ0v) is 16.6. The van der Waals surface area contributed by atoms with Crippen molar-refractivity contribution >= 4 is 26.9 Å². The molecule has 1 saturated heterocycles. The first-order chi connectivity index (χ1) is 13.4. The van der Waals surface area contributed by atoms with Crippen LogP contribution in [-0.2, 0) is 26.0 Å². The lowest BCUT2D eigenvalue weighted by atomic mass is 9.95. The molecule has 3 aromatic rings. The Bertz CT molecular complexity index is 1210. The number of aryl methyl sites for hydroxylation is 1. The topological polar surface area (TPSA) is 65.4 Å². The van der Waals surface area contributed by atoms with Gasteiger partial charge in [-0.3, -0.25) is 4.79 Å². The summed E-state index contributed by atoms with van der Waals surface area (Å²) in [6.07, 6.45) is 1.02. The number of hydrogen-bond donors (Lipinski definition) is 0. The Morgan fingerprint density at radius 2 is 1.79 bits per heavy atom. The second kappa shape index (κ2) is 5.95. The number of nitrogens with zero attached hydrogens (tertiary/aromatic N) is 1. The summed E-state index contributed by atoms with van der Waals surface area (Å²) in [6, 6.07) is 14.3. The predicted molar refractivity (Wildman–Crippen MR) is 106 cm³/mol. The van der Waals surface area contributed by atoms with Crippen molar-refractivity contribution in [2.75, 3.05) is 0 Å². The van der Waals surface area contributed by atoms with Gasteiger partial charge >= 0.3 is 5.97 Å². The Balaban J connectivity index is 1.84. The summed E-state index contributed by atoms with van der Waals surface area (Å²) in [7, 11) is -3.79. The second-order valence-corrected chi connectivity index (χ2v) is 9.69. The fourth-order valence-electron chi connectivity index (χ4n) is 4.59. The van der Waals surface area contributed by atoms with Gasteiger partial charge in [-0.25, -0.2) is 12.4 Å². The van der Waals surface area contributed by atoms with Crippen molar-refractivity contribution < 1.29 is 17.9 Å². The van der Waals surface area contributed by atoms with E-state index in [9.17, 15) is 13.2 Å². The molecule has 0 unspecified atom stereocenters. The van der Waals surface area contributed by atoms with Crippen LogP contribution in [0.3, 0.4) is 0 Å². The van der Waals surface area contributed by atoms with Crippen molar-refractivity contribution in [3.8, 4) is 0 Å². The molecule has 0 spiro atoms. The number of benzene rings is 2. The van der Waals surface area contributed by atoms with E-state index >= 15 is 0 Å². The summed E-state index contributed by atoms with van der Waals surface area (Å²) in [4.78, 5) is 12.8. The van der Waals surface area contributed by atoms with Gasteiger partial charge in [0.1, 0.15) is 6.10 Å².